The quantitative estimate of drug-likeness (QED) is 0.295. The zero-order valence-corrected chi connectivity index (χ0v) is 19.5. The molecule has 0 aliphatic carbocycles. The number of benzene rings is 3. The van der Waals surface area contributed by atoms with Crippen molar-refractivity contribution >= 4 is 11.9 Å². The number of para-hydroxylation sites is 1. The van der Waals surface area contributed by atoms with Crippen LogP contribution in [0, 0.1) is 5.92 Å². The molecule has 5 rings (SSSR count). The number of hydrogen-bond acceptors (Lipinski definition) is 5. The Morgan fingerprint density at radius 1 is 0.882 bits per heavy atom. The highest BCUT2D eigenvalue weighted by atomic mass is 16.6. The van der Waals surface area contributed by atoms with Gasteiger partial charge in [0, 0.05) is 16.7 Å². The average molecular weight is 457 g/mol. The van der Waals surface area contributed by atoms with E-state index in [1.165, 1.54) is 6.42 Å². The van der Waals surface area contributed by atoms with E-state index in [0.29, 0.717) is 40.7 Å². The summed E-state index contributed by atoms with van der Waals surface area (Å²) in [6, 6.07) is 20.1. The maximum absolute atomic E-state index is 12.8. The Labute approximate surface area is 199 Å². The van der Waals surface area contributed by atoms with Crippen LogP contribution in [0.15, 0.2) is 66.7 Å². The van der Waals surface area contributed by atoms with Gasteiger partial charge in [-0.2, -0.15) is 0 Å². The number of rotatable bonds is 7. The number of esters is 2. The average Bonchev–Trinajstić information content (AvgIpc) is 3.14. The molecule has 5 nitrogen and oxygen atoms in total. The lowest BCUT2D eigenvalue weighted by Crippen LogP contribution is -2.33. The third-order valence-corrected chi connectivity index (χ3v) is 6.51. The Hall–Kier alpha value is -3.60. The molecule has 0 aromatic heterocycles. The molecule has 34 heavy (non-hydrogen) atoms. The normalized spacial score (nSPS) is 17.6. The van der Waals surface area contributed by atoms with E-state index < -0.39 is 5.60 Å². The van der Waals surface area contributed by atoms with E-state index in [9.17, 15) is 9.59 Å². The van der Waals surface area contributed by atoms with Crippen molar-refractivity contribution in [3.8, 4) is 11.5 Å². The summed E-state index contributed by atoms with van der Waals surface area (Å²) in [4.78, 5) is 25.5. The fourth-order valence-electron chi connectivity index (χ4n) is 4.83. The van der Waals surface area contributed by atoms with Gasteiger partial charge in [0.05, 0.1) is 17.7 Å². The summed E-state index contributed by atoms with van der Waals surface area (Å²) in [5.74, 6) is 1.01. The second-order valence-corrected chi connectivity index (χ2v) is 9.30. The van der Waals surface area contributed by atoms with Gasteiger partial charge in [-0.3, -0.25) is 0 Å². The Morgan fingerprint density at radius 3 is 2.44 bits per heavy atom. The Morgan fingerprint density at radius 2 is 1.62 bits per heavy atom. The molecule has 1 atom stereocenters. The molecule has 3 aromatic rings. The molecule has 0 radical (unpaired) electrons. The minimum atomic E-state index is -1.11. The van der Waals surface area contributed by atoms with E-state index in [0.717, 1.165) is 30.4 Å². The van der Waals surface area contributed by atoms with Crippen LogP contribution < -0.4 is 4.74 Å². The standard InChI is InChI=1S/C29H28O5/c1-19(2)10-4-3-9-17-32-27(30)20-15-16-24-26(18-20)33-25-14-8-7-13-23(25)29(24)22-12-6-5-11-21(22)28(31)34-29/h5-8,11-16,18-19H,3-4,9-10,17H2,1-2H3. The third-order valence-electron chi connectivity index (χ3n) is 6.51. The van der Waals surface area contributed by atoms with E-state index in [1.807, 2.05) is 42.5 Å². The molecule has 1 spiro atoms. The van der Waals surface area contributed by atoms with Gasteiger partial charge in [-0.25, -0.2) is 9.59 Å². The number of hydrogen-bond donors (Lipinski definition) is 0. The van der Waals surface area contributed by atoms with E-state index in [4.69, 9.17) is 14.2 Å². The number of carbonyl (C=O) groups excluding carboxylic acids is 2. The van der Waals surface area contributed by atoms with E-state index >= 15 is 0 Å². The van der Waals surface area contributed by atoms with Gasteiger partial charge in [0.25, 0.3) is 0 Å². The molecule has 1 unspecified atom stereocenters. The molecule has 0 saturated heterocycles. The lowest BCUT2D eigenvalue weighted by molar-refractivity contribution is 0.0223. The minimum absolute atomic E-state index is 0.376. The van der Waals surface area contributed by atoms with Gasteiger partial charge in [-0.1, -0.05) is 69.5 Å². The molecule has 0 saturated carbocycles. The van der Waals surface area contributed by atoms with Crippen LogP contribution in [0.5, 0.6) is 11.5 Å². The number of ether oxygens (including phenoxy) is 3. The van der Waals surface area contributed by atoms with Gasteiger partial charge >= 0.3 is 11.9 Å². The van der Waals surface area contributed by atoms with Gasteiger partial charge in [0.15, 0.2) is 5.60 Å². The molecular weight excluding hydrogens is 428 g/mol. The number of carbonyl (C=O) groups is 2. The predicted octanol–water partition coefficient (Wildman–Crippen LogP) is 6.63. The summed E-state index contributed by atoms with van der Waals surface area (Å²) in [7, 11) is 0. The summed E-state index contributed by atoms with van der Waals surface area (Å²) >= 11 is 0. The second kappa shape index (κ2) is 8.98. The Bertz CT molecular complexity index is 1240. The second-order valence-electron chi connectivity index (χ2n) is 9.30. The maximum Gasteiger partial charge on any atom is 0.340 e. The minimum Gasteiger partial charge on any atom is -0.462 e. The molecule has 2 heterocycles. The van der Waals surface area contributed by atoms with Crippen LogP contribution in [0.25, 0.3) is 0 Å². The molecule has 0 bridgehead atoms. The summed E-state index contributed by atoms with van der Waals surface area (Å²) in [6.07, 6.45) is 4.22. The van der Waals surface area contributed by atoms with Crippen molar-refractivity contribution in [1.82, 2.24) is 0 Å². The molecule has 0 fully saturated rings. The topological polar surface area (TPSA) is 61.8 Å². The summed E-state index contributed by atoms with van der Waals surface area (Å²) in [6.45, 7) is 4.82. The summed E-state index contributed by atoms with van der Waals surface area (Å²) in [5.41, 5.74) is 2.05. The zero-order valence-electron chi connectivity index (χ0n) is 19.5. The lowest BCUT2D eigenvalue weighted by Gasteiger charge is -2.36. The SMILES string of the molecule is CC(C)CCCCCOC(=O)c1ccc2c(c1)Oc1ccccc1C21OC(=O)c2ccccc21. The van der Waals surface area contributed by atoms with Gasteiger partial charge < -0.3 is 14.2 Å². The first kappa shape index (κ1) is 22.2. The van der Waals surface area contributed by atoms with E-state index in [1.54, 1.807) is 24.3 Å². The highest BCUT2D eigenvalue weighted by Crippen LogP contribution is 2.55. The highest BCUT2D eigenvalue weighted by Gasteiger charge is 2.53. The van der Waals surface area contributed by atoms with Crippen LogP contribution in [-0.4, -0.2) is 18.5 Å². The van der Waals surface area contributed by atoms with Gasteiger partial charge in [-0.05, 0) is 42.7 Å². The fourth-order valence-corrected chi connectivity index (χ4v) is 4.83. The summed E-state index contributed by atoms with van der Waals surface area (Å²) in [5, 5.41) is 0. The van der Waals surface area contributed by atoms with E-state index in [-0.39, 0.29) is 11.9 Å². The van der Waals surface area contributed by atoms with Gasteiger partial charge in [0.2, 0.25) is 0 Å². The fraction of sp³-hybridized carbons (Fsp3) is 0.310. The molecule has 174 valence electrons. The molecule has 2 aliphatic rings. The molecule has 3 aromatic carbocycles. The lowest BCUT2D eigenvalue weighted by atomic mass is 9.77. The van der Waals surface area contributed by atoms with Crippen molar-refractivity contribution in [3.05, 3.63) is 94.5 Å². The number of fused-ring (bicyclic) bond motifs is 6. The van der Waals surface area contributed by atoms with Crippen molar-refractivity contribution < 1.29 is 23.8 Å². The van der Waals surface area contributed by atoms with E-state index in [2.05, 4.69) is 13.8 Å². The van der Waals surface area contributed by atoms with Crippen molar-refractivity contribution in [3.63, 3.8) is 0 Å². The molecule has 2 aliphatic heterocycles. The highest BCUT2D eigenvalue weighted by molar-refractivity contribution is 5.97. The van der Waals surface area contributed by atoms with Crippen LogP contribution >= 0.6 is 0 Å². The Balaban J connectivity index is 1.44. The first-order valence-corrected chi connectivity index (χ1v) is 11.9. The number of unbranched alkanes of at least 4 members (excludes halogenated alkanes) is 2. The maximum atomic E-state index is 12.8. The monoisotopic (exact) mass is 456 g/mol. The summed E-state index contributed by atoms with van der Waals surface area (Å²) < 4.78 is 17.8. The largest absolute Gasteiger partial charge is 0.462 e. The Kier molecular flexibility index (Phi) is 5.86. The van der Waals surface area contributed by atoms with Crippen LogP contribution in [0.2, 0.25) is 0 Å². The van der Waals surface area contributed by atoms with Crippen molar-refractivity contribution in [2.45, 2.75) is 45.1 Å². The molecule has 0 amide bonds. The van der Waals surface area contributed by atoms with Crippen molar-refractivity contribution in [2.75, 3.05) is 6.61 Å². The molecular formula is C29H28O5. The molecule has 0 N–H and O–H groups in total. The van der Waals surface area contributed by atoms with Crippen molar-refractivity contribution in [1.29, 1.82) is 0 Å². The van der Waals surface area contributed by atoms with Crippen LogP contribution in [-0.2, 0) is 15.1 Å². The van der Waals surface area contributed by atoms with Gasteiger partial charge in [0.1, 0.15) is 11.5 Å². The van der Waals surface area contributed by atoms with Crippen LogP contribution in [0.3, 0.4) is 0 Å². The van der Waals surface area contributed by atoms with Gasteiger partial charge in [-0.15, -0.1) is 0 Å². The first-order valence-electron chi connectivity index (χ1n) is 11.9. The molecule has 5 heteroatoms. The smallest absolute Gasteiger partial charge is 0.340 e. The van der Waals surface area contributed by atoms with Crippen molar-refractivity contribution in [2.24, 2.45) is 5.92 Å². The third kappa shape index (κ3) is 3.75. The van der Waals surface area contributed by atoms with Crippen LogP contribution in [0.1, 0.15) is 76.9 Å². The van der Waals surface area contributed by atoms with Crippen LogP contribution in [0.4, 0.5) is 0 Å². The predicted molar refractivity (Wildman–Crippen MR) is 128 cm³/mol. The zero-order chi connectivity index (χ0) is 23.7. The first-order chi connectivity index (χ1) is 16.5.